The number of halogens is 1. The molecule has 0 bridgehead atoms. The van der Waals surface area contributed by atoms with E-state index in [2.05, 4.69) is 23.7 Å². The van der Waals surface area contributed by atoms with Crippen LogP contribution in [0.4, 0.5) is 14.7 Å². The van der Waals surface area contributed by atoms with E-state index in [4.69, 9.17) is 23.7 Å². The Labute approximate surface area is 353 Å². The van der Waals surface area contributed by atoms with Crippen molar-refractivity contribution in [3.8, 4) is 17.2 Å². The lowest BCUT2D eigenvalue weighted by Gasteiger charge is -2.14. The molecule has 14 heteroatoms. The van der Waals surface area contributed by atoms with Crippen molar-refractivity contribution in [3.63, 3.8) is 0 Å². The van der Waals surface area contributed by atoms with E-state index < -0.39 is 18.7 Å². The van der Waals surface area contributed by atoms with Crippen LogP contribution in [-0.4, -0.2) is 56.8 Å². The average Bonchev–Trinajstić information content (AvgIpc) is 3.21. The Balaban J connectivity index is 1.92. The van der Waals surface area contributed by atoms with Gasteiger partial charge in [-0.05, 0) is 49.6 Å². The summed E-state index contributed by atoms with van der Waals surface area (Å²) in [6.07, 6.45) is 23.8. The maximum absolute atomic E-state index is 13.6. The molecule has 2 rings (SSSR count). The number of ether oxygens (including phenoxy) is 5. The number of rotatable bonds is 38. The second-order valence-electron chi connectivity index (χ2n) is 15.1. The normalized spacial score (nSPS) is 12.2. The van der Waals surface area contributed by atoms with E-state index in [1.807, 2.05) is 18.2 Å². The summed E-state index contributed by atoms with van der Waals surface area (Å²) in [6, 6.07) is 10.1. The summed E-state index contributed by atoms with van der Waals surface area (Å²) >= 11 is 0. The Bertz CT molecular complexity index is 1420. The van der Waals surface area contributed by atoms with Crippen LogP contribution in [0.25, 0.3) is 0 Å². The molecule has 1 amide bonds. The Morgan fingerprint density at radius 1 is 0.661 bits per heavy atom. The number of nitro benzene ring substituents is 1. The van der Waals surface area contributed by atoms with Gasteiger partial charge in [-0.2, -0.15) is 4.20 Å². The van der Waals surface area contributed by atoms with Crippen molar-refractivity contribution in [1.29, 1.82) is 0 Å². The molecule has 0 heterocycles. The molecule has 0 radical (unpaired) electrons. The fraction of sp³-hybridized carbons (Fsp3) is 0.711. The highest BCUT2D eigenvalue weighted by Gasteiger charge is 2.21. The molecule has 0 aliphatic rings. The van der Waals surface area contributed by atoms with Gasteiger partial charge in [0.2, 0.25) is 0 Å². The molecular formula is C45H74FN2O10P. The predicted molar refractivity (Wildman–Crippen MR) is 233 cm³/mol. The van der Waals surface area contributed by atoms with Crippen molar-refractivity contribution in [2.24, 2.45) is 0 Å². The Morgan fingerprint density at radius 2 is 1.19 bits per heavy atom. The summed E-state index contributed by atoms with van der Waals surface area (Å²) in [6.45, 7) is 6.94. The lowest BCUT2D eigenvalue weighted by Crippen LogP contribution is -2.28. The minimum atomic E-state index is -4.19. The van der Waals surface area contributed by atoms with E-state index in [0.717, 1.165) is 31.2 Å². The predicted octanol–water partition coefficient (Wildman–Crippen LogP) is 13.2. The second-order valence-corrected chi connectivity index (χ2v) is 16.9. The smallest absolute Gasteiger partial charge is 0.407 e. The van der Waals surface area contributed by atoms with Crippen LogP contribution in [0.3, 0.4) is 0 Å². The third-order valence-corrected chi connectivity index (χ3v) is 11.2. The molecule has 0 aliphatic heterocycles. The van der Waals surface area contributed by atoms with Crippen LogP contribution in [0.5, 0.6) is 17.2 Å². The van der Waals surface area contributed by atoms with E-state index in [1.165, 1.54) is 121 Å². The van der Waals surface area contributed by atoms with Crippen LogP contribution in [-0.2, 0) is 31.8 Å². The Kier molecular flexibility index (Phi) is 29.2. The molecule has 59 heavy (non-hydrogen) atoms. The molecule has 1 atom stereocenters. The third-order valence-electron chi connectivity index (χ3n) is 9.83. The summed E-state index contributed by atoms with van der Waals surface area (Å²) in [7, 11) is -4.19. The molecule has 336 valence electrons. The van der Waals surface area contributed by atoms with Crippen LogP contribution in [0.2, 0.25) is 0 Å². The molecule has 2 aromatic carbocycles. The van der Waals surface area contributed by atoms with Crippen LogP contribution in [0, 0.1) is 10.1 Å². The molecule has 0 spiro atoms. The number of benzene rings is 2. The quantitative estimate of drug-likeness (QED) is 0.0300. The SMILES string of the molecule is CCCCCCCCCCCCOc1cc(COc2ccc([N+](=O)[O-])c(COC(=O)NCCOCCP(=O)(F)OCC)c2)cc(OCCCCCCCCCCCC)c1. The van der Waals surface area contributed by atoms with Crippen molar-refractivity contribution in [2.45, 2.75) is 162 Å². The second kappa shape index (κ2) is 33.3. The fourth-order valence-corrected chi connectivity index (χ4v) is 7.37. The van der Waals surface area contributed by atoms with Gasteiger partial charge in [0.05, 0.1) is 49.7 Å². The fourth-order valence-electron chi connectivity index (χ4n) is 6.50. The molecule has 12 nitrogen and oxygen atoms in total. The summed E-state index contributed by atoms with van der Waals surface area (Å²) in [5.41, 5.74) is 0.764. The molecule has 2 aromatic rings. The number of amides is 1. The monoisotopic (exact) mass is 853 g/mol. The maximum Gasteiger partial charge on any atom is 0.407 e. The summed E-state index contributed by atoms with van der Waals surface area (Å²) in [5.74, 6) is 1.79. The first kappa shape index (κ1) is 51.7. The Hall–Kier alpha value is -3.41. The highest BCUT2D eigenvalue weighted by molar-refractivity contribution is 7.53. The zero-order valence-corrected chi connectivity index (χ0v) is 37.2. The maximum atomic E-state index is 13.6. The summed E-state index contributed by atoms with van der Waals surface area (Å²) in [4.78, 5) is 23.5. The van der Waals surface area contributed by atoms with E-state index in [9.17, 15) is 23.7 Å². The summed E-state index contributed by atoms with van der Waals surface area (Å²) < 4.78 is 58.6. The van der Waals surface area contributed by atoms with E-state index in [1.54, 1.807) is 6.92 Å². The third kappa shape index (κ3) is 26.4. The van der Waals surface area contributed by atoms with Crippen molar-refractivity contribution >= 4 is 19.5 Å². The van der Waals surface area contributed by atoms with Crippen molar-refractivity contribution in [2.75, 3.05) is 45.7 Å². The number of nitro groups is 1. The van der Waals surface area contributed by atoms with Gasteiger partial charge < -0.3 is 33.5 Å². The zero-order chi connectivity index (χ0) is 42.8. The van der Waals surface area contributed by atoms with Gasteiger partial charge in [0.15, 0.2) is 0 Å². The minimum Gasteiger partial charge on any atom is -0.493 e. The molecule has 1 unspecified atom stereocenters. The summed E-state index contributed by atoms with van der Waals surface area (Å²) in [5, 5.41) is 14.2. The average molecular weight is 853 g/mol. The first-order valence-corrected chi connectivity index (χ1v) is 24.1. The van der Waals surface area contributed by atoms with Gasteiger partial charge in [-0.1, -0.05) is 129 Å². The first-order valence-electron chi connectivity index (χ1n) is 22.4. The van der Waals surface area contributed by atoms with E-state index >= 15 is 0 Å². The number of hydrogen-bond acceptors (Lipinski definition) is 10. The van der Waals surface area contributed by atoms with Gasteiger partial charge >= 0.3 is 13.8 Å². The molecule has 0 saturated heterocycles. The molecule has 0 aromatic heterocycles. The topological polar surface area (TPSA) is 145 Å². The van der Waals surface area contributed by atoms with Gasteiger partial charge in [0.25, 0.3) is 5.69 Å². The number of hydrogen-bond donors (Lipinski definition) is 1. The number of unbranched alkanes of at least 4 members (excludes halogenated alkanes) is 18. The van der Waals surface area contributed by atoms with Gasteiger partial charge in [-0.3, -0.25) is 14.7 Å². The van der Waals surface area contributed by atoms with Crippen molar-refractivity contribution in [1.82, 2.24) is 5.32 Å². The molecule has 1 N–H and O–H groups in total. The highest BCUT2D eigenvalue weighted by Crippen LogP contribution is 2.47. The van der Waals surface area contributed by atoms with Gasteiger partial charge in [0, 0.05) is 18.7 Å². The number of carbonyl (C=O) groups excluding carboxylic acids is 1. The number of nitrogens with one attached hydrogen (secondary N) is 1. The Morgan fingerprint density at radius 3 is 1.69 bits per heavy atom. The van der Waals surface area contributed by atoms with Crippen LogP contribution in [0.1, 0.15) is 160 Å². The van der Waals surface area contributed by atoms with Crippen molar-refractivity contribution in [3.05, 3.63) is 57.6 Å². The molecular weight excluding hydrogens is 778 g/mol. The lowest BCUT2D eigenvalue weighted by atomic mass is 10.1. The van der Waals surface area contributed by atoms with Crippen molar-refractivity contribution < 1.29 is 46.7 Å². The highest BCUT2D eigenvalue weighted by atomic mass is 31.2. The van der Waals surface area contributed by atoms with E-state index in [-0.39, 0.29) is 57.0 Å². The minimum absolute atomic E-state index is 0.00694. The van der Waals surface area contributed by atoms with Gasteiger partial charge in [0.1, 0.15) is 30.5 Å². The number of carbonyl (C=O) groups is 1. The number of nitrogens with zero attached hydrogens (tertiary/aromatic N) is 1. The largest absolute Gasteiger partial charge is 0.493 e. The van der Waals surface area contributed by atoms with Crippen LogP contribution in [0.15, 0.2) is 36.4 Å². The van der Waals surface area contributed by atoms with Gasteiger partial charge in [-0.15, -0.1) is 0 Å². The standard InChI is InChI=1S/C45H74FN2O10P/c1-4-7-9-11-13-15-17-19-21-23-28-54-42-33-39(34-43(36-42)55-29-24-22-20-18-16-14-12-10-8-5-2)37-56-41-25-26-44(48(50)51)40(35-41)38-57-45(49)47-27-30-53-31-32-59(46,52)58-6-3/h25-26,33-36H,4-24,27-32,37-38H2,1-3H3,(H,47,49). The first-order chi connectivity index (χ1) is 28.7. The van der Waals surface area contributed by atoms with Gasteiger partial charge in [-0.25, -0.2) is 4.79 Å². The molecule has 0 aliphatic carbocycles. The lowest BCUT2D eigenvalue weighted by molar-refractivity contribution is -0.385. The number of alkyl carbamates (subject to hydrolysis) is 1. The van der Waals surface area contributed by atoms with Crippen LogP contribution < -0.4 is 19.5 Å². The van der Waals surface area contributed by atoms with Crippen LogP contribution >= 0.6 is 7.68 Å². The molecule has 0 saturated carbocycles. The van der Waals surface area contributed by atoms with E-state index in [0.29, 0.717) is 30.5 Å². The zero-order valence-electron chi connectivity index (χ0n) is 36.3. The molecule has 0 fully saturated rings.